The number of non-ortho nitro benzene ring substituents is 1. The van der Waals surface area contributed by atoms with E-state index in [4.69, 9.17) is 10.2 Å². The van der Waals surface area contributed by atoms with E-state index in [1.165, 1.54) is 24.4 Å². The van der Waals surface area contributed by atoms with E-state index in [9.17, 15) is 15.2 Å². The highest BCUT2D eigenvalue weighted by atomic mass is 16.6. The first kappa shape index (κ1) is 13.1. The standard InChI is InChI=1S/C10H12N2O5/c13-6-9(14)5-11-4-7-3-8(12(16)17)1-2-10(7)15/h1-4,9,13-15H,5-6H2. The second kappa shape index (κ2) is 5.92. The van der Waals surface area contributed by atoms with Gasteiger partial charge in [0, 0.05) is 23.9 Å². The van der Waals surface area contributed by atoms with Crippen LogP contribution >= 0.6 is 0 Å². The first-order chi connectivity index (χ1) is 8.04. The average molecular weight is 240 g/mol. The molecule has 3 N–H and O–H groups in total. The van der Waals surface area contributed by atoms with Gasteiger partial charge in [-0.25, -0.2) is 0 Å². The zero-order chi connectivity index (χ0) is 12.8. The number of aliphatic hydroxyl groups excluding tert-OH is 2. The lowest BCUT2D eigenvalue weighted by atomic mass is 10.2. The number of hydrogen-bond donors (Lipinski definition) is 3. The van der Waals surface area contributed by atoms with Crippen molar-refractivity contribution in [2.45, 2.75) is 6.10 Å². The summed E-state index contributed by atoms with van der Waals surface area (Å²) in [6, 6.07) is 3.54. The lowest BCUT2D eigenvalue weighted by molar-refractivity contribution is -0.384. The third-order valence-corrected chi connectivity index (χ3v) is 1.98. The topological polar surface area (TPSA) is 116 Å². The number of phenols is 1. The van der Waals surface area contributed by atoms with Crippen molar-refractivity contribution in [1.82, 2.24) is 0 Å². The minimum absolute atomic E-state index is 0.0430. The largest absolute Gasteiger partial charge is 0.507 e. The van der Waals surface area contributed by atoms with Crippen LogP contribution in [0.2, 0.25) is 0 Å². The van der Waals surface area contributed by atoms with Crippen LogP contribution in [0.15, 0.2) is 23.2 Å². The second-order valence-electron chi connectivity index (χ2n) is 3.33. The van der Waals surface area contributed by atoms with Crippen LogP contribution < -0.4 is 0 Å². The van der Waals surface area contributed by atoms with Crippen LogP contribution in [0.25, 0.3) is 0 Å². The number of aliphatic imine (C=N–C) groups is 1. The Labute approximate surface area is 96.8 Å². The Morgan fingerprint density at radius 1 is 1.53 bits per heavy atom. The van der Waals surface area contributed by atoms with E-state index < -0.39 is 17.6 Å². The monoisotopic (exact) mass is 240 g/mol. The normalized spacial score (nSPS) is 12.8. The smallest absolute Gasteiger partial charge is 0.270 e. The van der Waals surface area contributed by atoms with Crippen molar-refractivity contribution < 1.29 is 20.2 Å². The highest BCUT2D eigenvalue weighted by molar-refractivity contribution is 5.84. The molecule has 1 unspecified atom stereocenters. The Bertz CT molecular complexity index is 433. The van der Waals surface area contributed by atoms with Gasteiger partial charge in [0.1, 0.15) is 5.75 Å². The van der Waals surface area contributed by atoms with Crippen molar-refractivity contribution in [2.75, 3.05) is 13.2 Å². The molecule has 0 bridgehead atoms. The molecule has 7 nitrogen and oxygen atoms in total. The summed E-state index contributed by atoms with van der Waals surface area (Å²) in [6.07, 6.45) is 0.230. The van der Waals surface area contributed by atoms with Gasteiger partial charge < -0.3 is 15.3 Å². The molecule has 0 heterocycles. The fraction of sp³-hybridized carbons (Fsp3) is 0.300. The van der Waals surface area contributed by atoms with Gasteiger partial charge in [-0.15, -0.1) is 0 Å². The van der Waals surface area contributed by atoms with Gasteiger partial charge in [-0.05, 0) is 6.07 Å². The number of nitro groups is 1. The molecule has 17 heavy (non-hydrogen) atoms. The summed E-state index contributed by atoms with van der Waals surface area (Å²) >= 11 is 0. The van der Waals surface area contributed by atoms with Crippen LogP contribution in [-0.2, 0) is 0 Å². The summed E-state index contributed by atoms with van der Waals surface area (Å²) in [5.74, 6) is -0.141. The predicted octanol–water partition coefficient (Wildman–Crippen LogP) is 0.0725. The molecule has 1 rings (SSSR count). The predicted molar refractivity (Wildman–Crippen MR) is 60.3 cm³/mol. The Balaban J connectivity index is 2.82. The lowest BCUT2D eigenvalue weighted by Crippen LogP contribution is -2.15. The third-order valence-electron chi connectivity index (χ3n) is 1.98. The Morgan fingerprint density at radius 3 is 2.82 bits per heavy atom. The van der Waals surface area contributed by atoms with Crippen molar-refractivity contribution >= 4 is 11.9 Å². The van der Waals surface area contributed by atoms with Crippen LogP contribution in [-0.4, -0.2) is 45.7 Å². The lowest BCUT2D eigenvalue weighted by Gasteiger charge is -2.02. The van der Waals surface area contributed by atoms with Crippen LogP contribution in [0.5, 0.6) is 5.75 Å². The summed E-state index contributed by atoms with van der Waals surface area (Å²) in [6.45, 7) is -0.461. The van der Waals surface area contributed by atoms with Crippen molar-refractivity contribution in [3.05, 3.63) is 33.9 Å². The highest BCUT2D eigenvalue weighted by Gasteiger charge is 2.08. The number of nitro benzene ring substituents is 1. The number of hydrogen-bond acceptors (Lipinski definition) is 6. The van der Waals surface area contributed by atoms with Crippen LogP contribution in [0.3, 0.4) is 0 Å². The number of aliphatic hydroxyl groups is 2. The van der Waals surface area contributed by atoms with Gasteiger partial charge >= 0.3 is 0 Å². The molecular formula is C10H12N2O5. The molecule has 92 valence electrons. The molecule has 0 aliphatic carbocycles. The number of nitrogens with zero attached hydrogens (tertiary/aromatic N) is 2. The van der Waals surface area contributed by atoms with Gasteiger partial charge in [-0.3, -0.25) is 15.1 Å². The maximum atomic E-state index is 10.5. The molecule has 0 spiro atoms. The maximum Gasteiger partial charge on any atom is 0.270 e. The van der Waals surface area contributed by atoms with E-state index in [0.717, 1.165) is 0 Å². The molecule has 1 aromatic rings. The van der Waals surface area contributed by atoms with E-state index in [0.29, 0.717) is 0 Å². The van der Waals surface area contributed by atoms with Gasteiger partial charge in [-0.2, -0.15) is 0 Å². The number of benzene rings is 1. The molecule has 0 radical (unpaired) electrons. The van der Waals surface area contributed by atoms with Crippen molar-refractivity contribution in [3.63, 3.8) is 0 Å². The zero-order valence-electron chi connectivity index (χ0n) is 8.85. The molecule has 0 amide bonds. The van der Waals surface area contributed by atoms with Crippen LogP contribution in [0.1, 0.15) is 5.56 Å². The Morgan fingerprint density at radius 2 is 2.24 bits per heavy atom. The van der Waals surface area contributed by atoms with Crippen LogP contribution in [0, 0.1) is 10.1 Å². The van der Waals surface area contributed by atoms with E-state index in [1.807, 2.05) is 0 Å². The quantitative estimate of drug-likeness (QED) is 0.382. The molecule has 0 saturated heterocycles. The second-order valence-corrected chi connectivity index (χ2v) is 3.33. The van der Waals surface area contributed by atoms with Gasteiger partial charge in [0.05, 0.1) is 24.2 Å². The number of aromatic hydroxyl groups is 1. The Hall–Kier alpha value is -1.99. The highest BCUT2D eigenvalue weighted by Crippen LogP contribution is 2.21. The zero-order valence-corrected chi connectivity index (χ0v) is 8.85. The Kier molecular flexibility index (Phi) is 4.56. The van der Waals surface area contributed by atoms with Gasteiger partial charge in [0.25, 0.3) is 5.69 Å². The molecule has 1 aromatic carbocycles. The molecule has 0 fully saturated rings. The first-order valence-electron chi connectivity index (χ1n) is 4.80. The average Bonchev–Trinajstić information content (AvgIpc) is 2.30. The van der Waals surface area contributed by atoms with E-state index in [2.05, 4.69) is 4.99 Å². The summed E-state index contributed by atoms with van der Waals surface area (Å²) in [5, 5.41) is 37.5. The number of rotatable bonds is 5. The van der Waals surface area contributed by atoms with Crippen molar-refractivity contribution in [1.29, 1.82) is 0 Å². The van der Waals surface area contributed by atoms with Gasteiger partial charge in [0.2, 0.25) is 0 Å². The summed E-state index contributed by atoms with van der Waals surface area (Å²) in [5.41, 5.74) is 0.0243. The third kappa shape index (κ3) is 3.82. The molecule has 7 heteroatoms. The fourth-order valence-electron chi connectivity index (χ4n) is 1.09. The molecule has 0 aliphatic rings. The summed E-state index contributed by atoms with van der Waals surface area (Å²) < 4.78 is 0. The fourth-order valence-corrected chi connectivity index (χ4v) is 1.09. The minimum atomic E-state index is -0.980. The van der Waals surface area contributed by atoms with E-state index in [-0.39, 0.29) is 23.5 Å². The maximum absolute atomic E-state index is 10.5. The molecular weight excluding hydrogens is 228 g/mol. The van der Waals surface area contributed by atoms with Crippen molar-refractivity contribution in [2.24, 2.45) is 4.99 Å². The molecule has 0 aliphatic heterocycles. The molecule has 0 aromatic heterocycles. The first-order valence-corrected chi connectivity index (χ1v) is 4.80. The van der Waals surface area contributed by atoms with Crippen LogP contribution in [0.4, 0.5) is 5.69 Å². The molecule has 0 saturated carbocycles. The summed E-state index contributed by atoms with van der Waals surface area (Å²) in [4.78, 5) is 13.7. The number of phenolic OH excluding ortho intramolecular Hbond substituents is 1. The van der Waals surface area contributed by atoms with Gasteiger partial charge in [-0.1, -0.05) is 0 Å². The molecule has 1 atom stereocenters. The van der Waals surface area contributed by atoms with Gasteiger partial charge in [0.15, 0.2) is 0 Å². The van der Waals surface area contributed by atoms with E-state index >= 15 is 0 Å². The minimum Gasteiger partial charge on any atom is -0.507 e. The van der Waals surface area contributed by atoms with E-state index in [1.54, 1.807) is 0 Å². The summed E-state index contributed by atoms with van der Waals surface area (Å²) in [7, 11) is 0. The SMILES string of the molecule is O=[N+]([O-])c1ccc(O)c(C=NCC(O)CO)c1. The van der Waals surface area contributed by atoms with Crippen molar-refractivity contribution in [3.8, 4) is 5.75 Å².